The van der Waals surface area contributed by atoms with Gasteiger partial charge in [0.1, 0.15) is 12.7 Å². The zero-order valence-electron chi connectivity index (χ0n) is 19.6. The number of ether oxygens (including phenoxy) is 5. The van der Waals surface area contributed by atoms with Crippen LogP contribution in [0.15, 0.2) is 24.3 Å². The quantitative estimate of drug-likeness (QED) is 0.416. The van der Waals surface area contributed by atoms with Crippen LogP contribution in [0.1, 0.15) is 43.6 Å². The number of hydrogen-bond donors (Lipinski definition) is 1. The molecule has 0 saturated carbocycles. The number of amides is 1. The standard InChI is InChI=1S/C22H24F3NO10/c1-10(27)32-9-16-17(26-20(31)14-5-7-15(8-6-14)22(23,24)25)18(33-11(2)28)19(34-12(3)29)21(36-16)35-13(4)30/h5-8,16-19,21H,9H2,1-4H3,(H,26,31)/t16-,17-,18+,19-,21+/m1/s1. The summed E-state index contributed by atoms with van der Waals surface area (Å²) in [6, 6.07) is 1.89. The molecule has 5 atom stereocenters. The largest absolute Gasteiger partial charge is 0.463 e. The van der Waals surface area contributed by atoms with E-state index in [1.807, 2.05) is 0 Å². The Morgan fingerprint density at radius 3 is 1.83 bits per heavy atom. The van der Waals surface area contributed by atoms with Crippen LogP contribution in [0, 0.1) is 0 Å². The second-order valence-corrected chi connectivity index (χ2v) is 7.68. The number of halogens is 3. The van der Waals surface area contributed by atoms with E-state index in [4.69, 9.17) is 23.7 Å². The molecule has 36 heavy (non-hydrogen) atoms. The topological polar surface area (TPSA) is 144 Å². The van der Waals surface area contributed by atoms with Crippen LogP contribution in [0.5, 0.6) is 0 Å². The molecule has 1 aromatic carbocycles. The van der Waals surface area contributed by atoms with Gasteiger partial charge in [-0.15, -0.1) is 0 Å². The van der Waals surface area contributed by atoms with Gasteiger partial charge in [-0.25, -0.2) is 0 Å². The van der Waals surface area contributed by atoms with E-state index < -0.39 is 78.8 Å². The Bertz CT molecular complexity index is 995. The van der Waals surface area contributed by atoms with Gasteiger partial charge in [0.15, 0.2) is 6.10 Å². The molecular formula is C22H24F3NO10. The first-order chi connectivity index (χ1) is 16.7. The second kappa shape index (κ2) is 11.8. The van der Waals surface area contributed by atoms with E-state index in [0.717, 1.165) is 39.8 Å². The number of alkyl halides is 3. The molecule has 1 aromatic rings. The maximum Gasteiger partial charge on any atom is 0.416 e. The van der Waals surface area contributed by atoms with Crippen molar-refractivity contribution in [3.63, 3.8) is 0 Å². The number of esters is 4. The molecule has 0 unspecified atom stereocenters. The van der Waals surface area contributed by atoms with Gasteiger partial charge >= 0.3 is 30.1 Å². The molecule has 0 aromatic heterocycles. The Labute approximate surface area is 203 Å². The van der Waals surface area contributed by atoms with Gasteiger partial charge in [0.2, 0.25) is 12.4 Å². The lowest BCUT2D eigenvalue weighted by molar-refractivity contribution is -0.278. The average Bonchev–Trinajstić information content (AvgIpc) is 2.74. The molecule has 0 radical (unpaired) electrons. The Balaban J connectivity index is 2.45. The zero-order valence-corrected chi connectivity index (χ0v) is 19.6. The highest BCUT2D eigenvalue weighted by molar-refractivity contribution is 5.94. The Morgan fingerprint density at radius 2 is 1.36 bits per heavy atom. The summed E-state index contributed by atoms with van der Waals surface area (Å²) in [6.07, 6.45) is -10.6. The molecule has 11 nitrogen and oxygen atoms in total. The van der Waals surface area contributed by atoms with Crippen molar-refractivity contribution in [2.24, 2.45) is 0 Å². The minimum Gasteiger partial charge on any atom is -0.463 e. The summed E-state index contributed by atoms with van der Waals surface area (Å²) in [6.45, 7) is 3.66. The van der Waals surface area contributed by atoms with Gasteiger partial charge in [-0.1, -0.05) is 0 Å². The molecule has 14 heteroatoms. The number of carbonyl (C=O) groups is 5. The summed E-state index contributed by atoms with van der Waals surface area (Å²) in [5.41, 5.74) is -1.17. The smallest absolute Gasteiger partial charge is 0.416 e. The normalized spacial score (nSPS) is 23.7. The summed E-state index contributed by atoms with van der Waals surface area (Å²) in [7, 11) is 0. The highest BCUT2D eigenvalue weighted by Gasteiger charge is 2.52. The van der Waals surface area contributed by atoms with Crippen LogP contribution in [0.4, 0.5) is 13.2 Å². The fourth-order valence-electron chi connectivity index (χ4n) is 3.37. The Morgan fingerprint density at radius 1 is 0.833 bits per heavy atom. The molecule has 2 rings (SSSR count). The summed E-state index contributed by atoms with van der Waals surface area (Å²) in [5, 5.41) is 2.45. The highest BCUT2D eigenvalue weighted by atomic mass is 19.4. The van der Waals surface area contributed by atoms with Crippen LogP contribution in [0.2, 0.25) is 0 Å². The fourth-order valence-corrected chi connectivity index (χ4v) is 3.37. The van der Waals surface area contributed by atoms with E-state index in [1.54, 1.807) is 0 Å². The van der Waals surface area contributed by atoms with Crippen molar-refractivity contribution in [2.45, 2.75) is 64.5 Å². The molecule has 1 N–H and O–H groups in total. The lowest BCUT2D eigenvalue weighted by atomic mass is 9.95. The first kappa shape index (κ1) is 28.6. The van der Waals surface area contributed by atoms with Crippen molar-refractivity contribution >= 4 is 29.8 Å². The maximum atomic E-state index is 12.9. The van der Waals surface area contributed by atoms with Crippen LogP contribution in [-0.4, -0.2) is 67.0 Å². The lowest BCUT2D eigenvalue weighted by Gasteiger charge is -2.44. The van der Waals surface area contributed by atoms with Crippen molar-refractivity contribution < 1.29 is 60.8 Å². The van der Waals surface area contributed by atoms with E-state index in [1.165, 1.54) is 0 Å². The van der Waals surface area contributed by atoms with Gasteiger partial charge < -0.3 is 29.0 Å². The van der Waals surface area contributed by atoms with Crippen LogP contribution in [-0.2, 0) is 49.0 Å². The molecule has 0 spiro atoms. The number of hydrogen-bond acceptors (Lipinski definition) is 10. The van der Waals surface area contributed by atoms with E-state index in [-0.39, 0.29) is 5.56 Å². The molecular weight excluding hydrogens is 495 g/mol. The van der Waals surface area contributed by atoms with E-state index in [2.05, 4.69) is 5.32 Å². The average molecular weight is 519 g/mol. The number of benzene rings is 1. The van der Waals surface area contributed by atoms with Crippen molar-refractivity contribution in [2.75, 3.05) is 6.61 Å². The third-order valence-electron chi connectivity index (χ3n) is 4.76. The monoisotopic (exact) mass is 519 g/mol. The summed E-state index contributed by atoms with van der Waals surface area (Å²) >= 11 is 0. The summed E-state index contributed by atoms with van der Waals surface area (Å²) in [5.74, 6) is -4.24. The van der Waals surface area contributed by atoms with Gasteiger partial charge in [0, 0.05) is 33.3 Å². The van der Waals surface area contributed by atoms with Gasteiger partial charge in [-0.3, -0.25) is 24.0 Å². The second-order valence-electron chi connectivity index (χ2n) is 7.68. The maximum absolute atomic E-state index is 12.9. The van der Waals surface area contributed by atoms with Crippen LogP contribution in [0.3, 0.4) is 0 Å². The molecule has 1 aliphatic heterocycles. The predicted octanol–water partition coefficient (Wildman–Crippen LogP) is 1.52. The summed E-state index contributed by atoms with van der Waals surface area (Å²) < 4.78 is 64.6. The Hall–Kier alpha value is -3.68. The van der Waals surface area contributed by atoms with Gasteiger partial charge in [-0.05, 0) is 24.3 Å². The van der Waals surface area contributed by atoms with E-state index in [9.17, 15) is 37.1 Å². The Kier molecular flexibility index (Phi) is 9.39. The zero-order chi connectivity index (χ0) is 27.2. The van der Waals surface area contributed by atoms with Crippen molar-refractivity contribution in [1.29, 1.82) is 0 Å². The molecule has 1 saturated heterocycles. The lowest BCUT2D eigenvalue weighted by Crippen LogP contribution is -2.67. The highest BCUT2D eigenvalue weighted by Crippen LogP contribution is 2.30. The first-order valence-corrected chi connectivity index (χ1v) is 10.5. The van der Waals surface area contributed by atoms with Crippen LogP contribution < -0.4 is 5.32 Å². The molecule has 1 fully saturated rings. The number of rotatable bonds is 7. The molecule has 0 aliphatic carbocycles. The van der Waals surface area contributed by atoms with Crippen molar-refractivity contribution in [3.05, 3.63) is 35.4 Å². The third-order valence-corrected chi connectivity index (χ3v) is 4.76. The van der Waals surface area contributed by atoms with E-state index >= 15 is 0 Å². The molecule has 1 amide bonds. The fraction of sp³-hybridized carbons (Fsp3) is 0.500. The van der Waals surface area contributed by atoms with Gasteiger partial charge in [0.25, 0.3) is 5.91 Å². The van der Waals surface area contributed by atoms with Crippen molar-refractivity contribution in [1.82, 2.24) is 5.32 Å². The molecule has 1 heterocycles. The number of nitrogens with one attached hydrogen (secondary N) is 1. The molecule has 0 bridgehead atoms. The van der Waals surface area contributed by atoms with Gasteiger partial charge in [0.05, 0.1) is 11.6 Å². The third kappa shape index (κ3) is 7.93. The van der Waals surface area contributed by atoms with Crippen molar-refractivity contribution in [3.8, 4) is 0 Å². The SMILES string of the molecule is CC(=O)OC[C@H]1O[C@H](OC(C)=O)[C@H](OC(C)=O)[C@@H](OC(C)=O)[C@@H]1NC(=O)c1ccc(C(F)(F)F)cc1. The van der Waals surface area contributed by atoms with Gasteiger partial charge in [-0.2, -0.15) is 13.2 Å². The van der Waals surface area contributed by atoms with Crippen LogP contribution in [0.25, 0.3) is 0 Å². The minimum absolute atomic E-state index is 0.193. The van der Waals surface area contributed by atoms with Crippen LogP contribution >= 0.6 is 0 Å². The molecule has 1 aliphatic rings. The number of carbonyl (C=O) groups excluding carboxylic acids is 5. The summed E-state index contributed by atoms with van der Waals surface area (Å²) in [4.78, 5) is 59.5. The molecule has 198 valence electrons. The first-order valence-electron chi connectivity index (χ1n) is 10.5. The minimum atomic E-state index is -4.62. The predicted molar refractivity (Wildman–Crippen MR) is 111 cm³/mol. The van der Waals surface area contributed by atoms with E-state index in [0.29, 0.717) is 12.1 Å².